The molecule has 0 bridgehead atoms. The maximum Gasteiger partial charge on any atom is 0.186 e. The third kappa shape index (κ3) is 4.07. The molecule has 1 aliphatic rings. The van der Waals surface area contributed by atoms with Crippen molar-refractivity contribution in [3.63, 3.8) is 0 Å². The number of thiocarbonyl (C=S) groups is 1. The van der Waals surface area contributed by atoms with E-state index in [1.807, 2.05) is 26.4 Å². The number of hydrogen-bond donors (Lipinski definition) is 4. The van der Waals surface area contributed by atoms with Crippen LogP contribution >= 0.6 is 12.2 Å². The van der Waals surface area contributed by atoms with Gasteiger partial charge in [0.25, 0.3) is 0 Å². The van der Waals surface area contributed by atoms with Crippen LogP contribution in [-0.4, -0.2) is 42.3 Å². The predicted octanol–water partition coefficient (Wildman–Crippen LogP) is 1.10. The average Bonchev–Trinajstić information content (AvgIpc) is 2.57. The molecule has 1 aromatic heterocycles. The van der Waals surface area contributed by atoms with Crippen LogP contribution in [-0.2, 0) is 5.41 Å². The van der Waals surface area contributed by atoms with Crippen molar-refractivity contribution < 1.29 is 0 Å². The zero-order valence-corrected chi connectivity index (χ0v) is 15.2. The molecule has 0 unspecified atom stereocenters. The molecule has 0 spiro atoms. The van der Waals surface area contributed by atoms with E-state index >= 15 is 0 Å². The minimum absolute atomic E-state index is 0.145. The molecule has 0 aromatic carbocycles. The van der Waals surface area contributed by atoms with Crippen molar-refractivity contribution in [2.45, 2.75) is 31.6 Å². The molecule has 1 fully saturated rings. The highest BCUT2D eigenvalue weighted by molar-refractivity contribution is 7.80. The lowest BCUT2D eigenvalue weighted by Crippen LogP contribution is -2.47. The maximum absolute atomic E-state index is 5.16. The van der Waals surface area contributed by atoms with Crippen LogP contribution in [0.3, 0.4) is 0 Å². The van der Waals surface area contributed by atoms with E-state index in [-0.39, 0.29) is 5.41 Å². The molecule has 1 heterocycles. The van der Waals surface area contributed by atoms with Crippen molar-refractivity contribution in [2.24, 2.45) is 10.2 Å². The van der Waals surface area contributed by atoms with Crippen molar-refractivity contribution in [1.82, 2.24) is 26.5 Å². The van der Waals surface area contributed by atoms with E-state index in [9.17, 15) is 0 Å². The van der Waals surface area contributed by atoms with E-state index < -0.39 is 0 Å². The SMILES string of the molecule is CNCN/N=C(C)/C(=N/NC(=S)NC)C1(c2ccncc2)CCC1. The summed E-state index contributed by atoms with van der Waals surface area (Å²) >= 11 is 5.16. The first-order chi connectivity index (χ1) is 11.6. The van der Waals surface area contributed by atoms with Gasteiger partial charge in [-0.15, -0.1) is 0 Å². The number of pyridine rings is 1. The summed E-state index contributed by atoms with van der Waals surface area (Å²) in [5.74, 6) is 0. The topological polar surface area (TPSA) is 85.7 Å². The molecule has 1 saturated carbocycles. The minimum atomic E-state index is -0.145. The molecular weight excluding hydrogens is 322 g/mol. The zero-order valence-electron chi connectivity index (χ0n) is 14.4. The van der Waals surface area contributed by atoms with Gasteiger partial charge in [0.1, 0.15) is 0 Å². The molecule has 24 heavy (non-hydrogen) atoms. The summed E-state index contributed by atoms with van der Waals surface area (Å²) in [6.07, 6.45) is 6.87. The Kier molecular flexibility index (Phi) is 6.62. The molecule has 1 aliphatic carbocycles. The normalized spacial score (nSPS) is 17.0. The number of hydrazone groups is 2. The standard InChI is InChI=1S/C16H25N7S/c1-12(21-20-11-17-2)14(22-23-15(24)18-3)16(7-4-8-16)13-5-9-19-10-6-13/h5-6,9-10,17,20H,4,7-8,11H2,1-3H3,(H2,18,23,24)/b21-12+,22-14-. The monoisotopic (exact) mass is 347 g/mol. The van der Waals surface area contributed by atoms with Gasteiger partial charge in [-0.2, -0.15) is 10.2 Å². The van der Waals surface area contributed by atoms with Crippen LogP contribution in [0, 0.1) is 0 Å². The molecule has 0 radical (unpaired) electrons. The van der Waals surface area contributed by atoms with Gasteiger partial charge < -0.3 is 10.6 Å². The molecule has 7 nitrogen and oxygen atoms in total. The fourth-order valence-corrected chi connectivity index (χ4v) is 2.90. The lowest BCUT2D eigenvalue weighted by molar-refractivity contribution is 0.342. The lowest BCUT2D eigenvalue weighted by Gasteiger charge is -2.43. The van der Waals surface area contributed by atoms with Gasteiger partial charge in [-0.05, 0) is 56.7 Å². The van der Waals surface area contributed by atoms with E-state index in [0.717, 1.165) is 30.7 Å². The third-order valence-electron chi connectivity index (χ3n) is 4.23. The van der Waals surface area contributed by atoms with Crippen molar-refractivity contribution in [3.05, 3.63) is 30.1 Å². The molecule has 0 amide bonds. The van der Waals surface area contributed by atoms with Crippen LogP contribution in [0.1, 0.15) is 31.7 Å². The van der Waals surface area contributed by atoms with Crippen LogP contribution in [0.15, 0.2) is 34.7 Å². The minimum Gasteiger partial charge on any atom is -0.364 e. The Bertz CT molecular complexity index is 608. The predicted molar refractivity (Wildman–Crippen MR) is 102 cm³/mol. The van der Waals surface area contributed by atoms with E-state index in [2.05, 4.69) is 48.8 Å². The van der Waals surface area contributed by atoms with Crippen molar-refractivity contribution in [2.75, 3.05) is 20.8 Å². The van der Waals surface area contributed by atoms with Crippen LogP contribution in [0.25, 0.3) is 0 Å². The fourth-order valence-electron chi connectivity index (χ4n) is 2.85. The van der Waals surface area contributed by atoms with Gasteiger partial charge in [0.15, 0.2) is 5.11 Å². The highest BCUT2D eigenvalue weighted by Gasteiger charge is 2.44. The quantitative estimate of drug-likeness (QED) is 0.194. The molecule has 0 saturated heterocycles. The summed E-state index contributed by atoms with van der Waals surface area (Å²) in [5, 5.41) is 15.4. The lowest BCUT2D eigenvalue weighted by atomic mass is 9.61. The molecule has 130 valence electrons. The van der Waals surface area contributed by atoms with Gasteiger partial charge >= 0.3 is 0 Å². The summed E-state index contributed by atoms with van der Waals surface area (Å²) in [6, 6.07) is 4.11. The van der Waals surface area contributed by atoms with E-state index in [1.165, 1.54) is 5.56 Å². The molecular formula is C16H25N7S. The first-order valence-corrected chi connectivity index (χ1v) is 8.43. The molecule has 2 rings (SSSR count). The number of hydrogen-bond acceptors (Lipinski definition) is 6. The molecule has 0 atom stereocenters. The average molecular weight is 347 g/mol. The summed E-state index contributed by atoms with van der Waals surface area (Å²) in [6.45, 7) is 2.56. The first-order valence-electron chi connectivity index (χ1n) is 8.02. The Labute approximate surface area is 148 Å². The largest absolute Gasteiger partial charge is 0.364 e. The van der Waals surface area contributed by atoms with Gasteiger partial charge in [-0.25, -0.2) is 0 Å². The van der Waals surface area contributed by atoms with Crippen molar-refractivity contribution in [3.8, 4) is 0 Å². The molecule has 8 heteroatoms. The van der Waals surface area contributed by atoms with E-state index in [0.29, 0.717) is 11.8 Å². The van der Waals surface area contributed by atoms with E-state index in [1.54, 1.807) is 7.05 Å². The fraction of sp³-hybridized carbons (Fsp3) is 0.500. The third-order valence-corrected chi connectivity index (χ3v) is 4.53. The van der Waals surface area contributed by atoms with Crippen LogP contribution < -0.4 is 21.5 Å². The second-order valence-corrected chi connectivity index (χ2v) is 6.12. The van der Waals surface area contributed by atoms with Gasteiger partial charge in [0.05, 0.1) is 18.1 Å². The highest BCUT2D eigenvalue weighted by Crippen LogP contribution is 2.45. The maximum atomic E-state index is 5.16. The number of rotatable bonds is 7. The van der Waals surface area contributed by atoms with Gasteiger partial charge in [-0.3, -0.25) is 15.8 Å². The molecule has 4 N–H and O–H groups in total. The summed E-state index contributed by atoms with van der Waals surface area (Å²) < 4.78 is 0. The van der Waals surface area contributed by atoms with Crippen molar-refractivity contribution in [1.29, 1.82) is 0 Å². The summed E-state index contributed by atoms with van der Waals surface area (Å²) in [4.78, 5) is 4.13. The molecule has 1 aromatic rings. The van der Waals surface area contributed by atoms with Crippen molar-refractivity contribution >= 4 is 28.8 Å². The van der Waals surface area contributed by atoms with Crippen LogP contribution in [0.2, 0.25) is 0 Å². The second-order valence-electron chi connectivity index (χ2n) is 5.71. The Hall–Kier alpha value is -2.06. The zero-order chi connectivity index (χ0) is 17.4. The number of nitrogens with one attached hydrogen (secondary N) is 4. The Balaban J connectivity index is 2.36. The summed E-state index contributed by atoms with van der Waals surface area (Å²) in [7, 11) is 3.63. The van der Waals surface area contributed by atoms with Gasteiger partial charge in [-0.1, -0.05) is 6.42 Å². The van der Waals surface area contributed by atoms with Crippen LogP contribution in [0.4, 0.5) is 0 Å². The highest BCUT2D eigenvalue weighted by atomic mass is 32.1. The van der Waals surface area contributed by atoms with Gasteiger partial charge in [0.2, 0.25) is 0 Å². The Morgan fingerprint density at radius 1 is 1.25 bits per heavy atom. The number of nitrogens with zero attached hydrogens (tertiary/aromatic N) is 3. The first kappa shape index (κ1) is 18.3. The second kappa shape index (κ2) is 8.70. The number of aromatic nitrogens is 1. The van der Waals surface area contributed by atoms with Crippen LogP contribution in [0.5, 0.6) is 0 Å². The smallest absolute Gasteiger partial charge is 0.186 e. The Morgan fingerprint density at radius 2 is 1.96 bits per heavy atom. The molecule has 0 aliphatic heterocycles. The Morgan fingerprint density at radius 3 is 2.50 bits per heavy atom. The van der Waals surface area contributed by atoms with Gasteiger partial charge in [0, 0.05) is 24.9 Å². The van der Waals surface area contributed by atoms with E-state index in [4.69, 9.17) is 12.2 Å². The summed E-state index contributed by atoms with van der Waals surface area (Å²) in [5.41, 5.74) is 8.72.